The number of pyridine rings is 1. The number of imidazole rings is 1. The fourth-order valence-corrected chi connectivity index (χ4v) is 1.41. The summed E-state index contributed by atoms with van der Waals surface area (Å²) < 4.78 is 1.93. The molecule has 3 nitrogen and oxygen atoms in total. The molecule has 15 heavy (non-hydrogen) atoms. The summed E-state index contributed by atoms with van der Waals surface area (Å²) in [5.74, 6) is 2.54. The molecule has 0 amide bonds. The molecule has 0 saturated carbocycles. The zero-order chi connectivity index (χ0) is 10.8. The van der Waals surface area contributed by atoms with E-state index in [-0.39, 0.29) is 0 Å². The highest BCUT2D eigenvalue weighted by Gasteiger charge is 2.05. The van der Waals surface area contributed by atoms with E-state index in [1.54, 1.807) is 6.33 Å². The van der Waals surface area contributed by atoms with Crippen molar-refractivity contribution in [1.29, 1.82) is 0 Å². The van der Waals surface area contributed by atoms with Gasteiger partial charge in [0.1, 0.15) is 12.0 Å². The molecule has 0 aliphatic carbocycles. The Hall–Kier alpha value is -2.08. The highest BCUT2D eigenvalue weighted by atomic mass is 15.1. The second-order valence-corrected chi connectivity index (χ2v) is 3.35. The van der Waals surface area contributed by atoms with Crippen molar-refractivity contribution < 1.29 is 0 Å². The Balaban J connectivity index is 2.51. The first-order valence-electron chi connectivity index (χ1n) is 4.66. The molecule has 0 bridgehead atoms. The van der Waals surface area contributed by atoms with Gasteiger partial charge in [-0.25, -0.2) is 4.98 Å². The van der Waals surface area contributed by atoms with Crippen molar-refractivity contribution in [2.24, 2.45) is 0 Å². The molecule has 0 radical (unpaired) electrons. The van der Waals surface area contributed by atoms with E-state index in [0.717, 1.165) is 17.1 Å². The van der Waals surface area contributed by atoms with Gasteiger partial charge in [0, 0.05) is 5.69 Å². The number of rotatable bonds is 1. The van der Waals surface area contributed by atoms with E-state index in [9.17, 15) is 0 Å². The quantitative estimate of drug-likeness (QED) is 0.653. The van der Waals surface area contributed by atoms with Crippen LogP contribution in [0.4, 0.5) is 0 Å². The van der Waals surface area contributed by atoms with Gasteiger partial charge in [-0.1, -0.05) is 0 Å². The van der Waals surface area contributed by atoms with Crippen LogP contribution in [-0.2, 0) is 0 Å². The summed E-state index contributed by atoms with van der Waals surface area (Å²) in [6.07, 6.45) is 8.85. The second-order valence-electron chi connectivity index (χ2n) is 3.35. The Morgan fingerprint density at radius 2 is 2.07 bits per heavy atom. The fraction of sp³-hybridized carbons (Fsp3) is 0.167. The van der Waals surface area contributed by atoms with Crippen molar-refractivity contribution in [3.8, 4) is 18.0 Å². The van der Waals surface area contributed by atoms with E-state index >= 15 is 0 Å². The van der Waals surface area contributed by atoms with Crippen LogP contribution < -0.4 is 0 Å². The van der Waals surface area contributed by atoms with Crippen molar-refractivity contribution in [3.63, 3.8) is 0 Å². The minimum absolute atomic E-state index is 0.676. The topological polar surface area (TPSA) is 30.7 Å². The zero-order valence-electron chi connectivity index (χ0n) is 8.73. The van der Waals surface area contributed by atoms with Crippen molar-refractivity contribution >= 4 is 0 Å². The molecule has 0 saturated heterocycles. The minimum atomic E-state index is 0.676. The number of hydrogen-bond acceptors (Lipinski definition) is 2. The third-order valence-electron chi connectivity index (χ3n) is 2.32. The Bertz CT molecular complexity index is 515. The summed E-state index contributed by atoms with van der Waals surface area (Å²) in [5.41, 5.74) is 3.61. The Morgan fingerprint density at radius 3 is 2.60 bits per heavy atom. The second kappa shape index (κ2) is 3.58. The number of nitrogens with zero attached hydrogens (tertiary/aromatic N) is 3. The first-order valence-corrected chi connectivity index (χ1v) is 4.66. The van der Waals surface area contributed by atoms with E-state index in [2.05, 4.69) is 15.9 Å². The molecule has 74 valence electrons. The maximum Gasteiger partial charge on any atom is 0.134 e. The summed E-state index contributed by atoms with van der Waals surface area (Å²) in [6.45, 7) is 3.90. The van der Waals surface area contributed by atoms with Gasteiger partial charge >= 0.3 is 0 Å². The number of aromatic nitrogens is 3. The van der Waals surface area contributed by atoms with Crippen LogP contribution in [0.3, 0.4) is 0 Å². The summed E-state index contributed by atoms with van der Waals surface area (Å²) in [7, 11) is 0. The monoisotopic (exact) mass is 197 g/mol. The van der Waals surface area contributed by atoms with E-state index < -0.39 is 0 Å². The SMILES string of the molecule is C#Cc1ncn(-c2ccc(C)nc2)c1C. The van der Waals surface area contributed by atoms with Crippen LogP contribution in [0.25, 0.3) is 5.69 Å². The molecule has 2 rings (SSSR count). The molecule has 0 atom stereocenters. The average molecular weight is 197 g/mol. The first kappa shape index (κ1) is 9.47. The third-order valence-corrected chi connectivity index (χ3v) is 2.32. The minimum Gasteiger partial charge on any atom is -0.301 e. The van der Waals surface area contributed by atoms with Crippen LogP contribution in [0, 0.1) is 26.2 Å². The number of hydrogen-bond donors (Lipinski definition) is 0. The summed E-state index contributed by atoms with van der Waals surface area (Å²) in [4.78, 5) is 8.36. The molecule has 2 aromatic rings. The average Bonchev–Trinajstić information content (AvgIpc) is 2.61. The van der Waals surface area contributed by atoms with E-state index in [4.69, 9.17) is 6.42 Å². The fourth-order valence-electron chi connectivity index (χ4n) is 1.41. The molecule has 2 aromatic heterocycles. The van der Waals surface area contributed by atoms with Gasteiger partial charge < -0.3 is 4.57 Å². The van der Waals surface area contributed by atoms with Crippen molar-refractivity contribution in [1.82, 2.24) is 14.5 Å². The van der Waals surface area contributed by atoms with Gasteiger partial charge in [0.15, 0.2) is 0 Å². The first-order chi connectivity index (χ1) is 7.22. The van der Waals surface area contributed by atoms with Gasteiger partial charge in [-0.3, -0.25) is 4.98 Å². The van der Waals surface area contributed by atoms with Gasteiger partial charge in [0.2, 0.25) is 0 Å². The lowest BCUT2D eigenvalue weighted by Crippen LogP contribution is -1.96. The van der Waals surface area contributed by atoms with Crippen molar-refractivity contribution in [2.45, 2.75) is 13.8 Å². The smallest absolute Gasteiger partial charge is 0.134 e. The van der Waals surface area contributed by atoms with Crippen LogP contribution in [0.2, 0.25) is 0 Å². The Labute approximate surface area is 88.8 Å². The lowest BCUT2D eigenvalue weighted by atomic mass is 10.3. The molecular weight excluding hydrogens is 186 g/mol. The number of aryl methyl sites for hydroxylation is 1. The predicted octanol–water partition coefficient (Wildman–Crippen LogP) is 1.87. The van der Waals surface area contributed by atoms with E-state index in [1.807, 2.05) is 36.7 Å². The standard InChI is InChI=1S/C12H11N3/c1-4-12-10(3)15(8-14-12)11-6-5-9(2)13-7-11/h1,5-8H,2-3H3. The highest BCUT2D eigenvalue weighted by molar-refractivity contribution is 5.37. The molecule has 0 aromatic carbocycles. The summed E-state index contributed by atoms with van der Waals surface area (Å²) >= 11 is 0. The molecule has 0 fully saturated rings. The van der Waals surface area contributed by atoms with Gasteiger partial charge in [-0.15, -0.1) is 6.42 Å². The van der Waals surface area contributed by atoms with Crippen molar-refractivity contribution in [3.05, 3.63) is 41.7 Å². The van der Waals surface area contributed by atoms with Crippen LogP contribution in [0.1, 0.15) is 17.1 Å². The Morgan fingerprint density at radius 1 is 1.27 bits per heavy atom. The zero-order valence-corrected chi connectivity index (χ0v) is 8.73. The predicted molar refractivity (Wildman–Crippen MR) is 58.8 cm³/mol. The van der Waals surface area contributed by atoms with Gasteiger partial charge in [-0.2, -0.15) is 0 Å². The molecule has 0 spiro atoms. The molecule has 0 aliphatic heterocycles. The lowest BCUT2D eigenvalue weighted by molar-refractivity contribution is 0.984. The van der Waals surface area contributed by atoms with Crippen LogP contribution in [-0.4, -0.2) is 14.5 Å². The lowest BCUT2D eigenvalue weighted by Gasteiger charge is -2.04. The van der Waals surface area contributed by atoms with Gasteiger partial charge in [0.05, 0.1) is 17.6 Å². The normalized spacial score (nSPS) is 9.93. The van der Waals surface area contributed by atoms with E-state index in [1.165, 1.54) is 0 Å². The van der Waals surface area contributed by atoms with Crippen LogP contribution >= 0.6 is 0 Å². The summed E-state index contributed by atoms with van der Waals surface area (Å²) in [5, 5.41) is 0. The number of terminal acetylenes is 1. The molecule has 3 heteroatoms. The molecule has 2 heterocycles. The molecule has 0 N–H and O–H groups in total. The van der Waals surface area contributed by atoms with Gasteiger partial charge in [-0.05, 0) is 31.9 Å². The molecular formula is C12H11N3. The molecule has 0 aliphatic rings. The van der Waals surface area contributed by atoms with Crippen LogP contribution in [0.15, 0.2) is 24.7 Å². The largest absolute Gasteiger partial charge is 0.301 e. The van der Waals surface area contributed by atoms with Crippen molar-refractivity contribution in [2.75, 3.05) is 0 Å². The maximum absolute atomic E-state index is 5.32. The maximum atomic E-state index is 5.32. The van der Waals surface area contributed by atoms with Gasteiger partial charge in [0.25, 0.3) is 0 Å². The van der Waals surface area contributed by atoms with Crippen LogP contribution in [0.5, 0.6) is 0 Å². The Kier molecular flexibility index (Phi) is 2.26. The highest BCUT2D eigenvalue weighted by Crippen LogP contribution is 2.12. The molecule has 0 unspecified atom stereocenters. The van der Waals surface area contributed by atoms with E-state index in [0.29, 0.717) is 5.69 Å². The third kappa shape index (κ3) is 1.62. The summed E-state index contributed by atoms with van der Waals surface area (Å²) in [6, 6.07) is 3.96.